The summed E-state index contributed by atoms with van der Waals surface area (Å²) in [6.45, 7) is 0.718. The highest BCUT2D eigenvalue weighted by atomic mass is 32.2. The van der Waals surface area contributed by atoms with Crippen LogP contribution >= 0.6 is 0 Å². The number of hydrogen-bond donors (Lipinski definition) is 4. The first-order valence-electron chi connectivity index (χ1n) is 12.2. The number of hydrazine groups is 3. The molecule has 4 rings (SSSR count). The van der Waals surface area contributed by atoms with E-state index in [1.165, 1.54) is 6.42 Å². The highest BCUT2D eigenvalue weighted by Crippen LogP contribution is 2.32. The second-order valence-corrected chi connectivity index (χ2v) is 12.2. The molecule has 4 fully saturated rings. The summed E-state index contributed by atoms with van der Waals surface area (Å²) in [6.07, 6.45) is 12.3. The molecule has 3 saturated carbocycles. The topological polar surface area (TPSA) is 106 Å². The molecule has 4 unspecified atom stereocenters. The molecule has 4 atom stereocenters. The van der Waals surface area contributed by atoms with E-state index in [4.69, 9.17) is 0 Å². The smallest absolute Gasteiger partial charge is 0.223 e. The lowest BCUT2D eigenvalue weighted by Crippen LogP contribution is -2.50. The van der Waals surface area contributed by atoms with Crippen molar-refractivity contribution >= 4 is 15.9 Å². The van der Waals surface area contributed by atoms with Crippen LogP contribution in [0, 0.1) is 5.92 Å². The molecule has 3 aliphatic carbocycles. The fourth-order valence-electron chi connectivity index (χ4n) is 5.93. The fraction of sp³-hybridized carbons (Fsp3) is 0.952. The van der Waals surface area contributed by atoms with Crippen LogP contribution in [0.4, 0.5) is 0 Å². The van der Waals surface area contributed by atoms with E-state index >= 15 is 0 Å². The lowest BCUT2D eigenvalue weighted by molar-refractivity contribution is -0.127. The molecule has 0 bridgehead atoms. The first kappa shape index (κ1) is 23.4. The number of sulfonamides is 1. The van der Waals surface area contributed by atoms with Gasteiger partial charge in [-0.05, 0) is 51.4 Å². The Morgan fingerprint density at radius 2 is 1.74 bits per heavy atom. The van der Waals surface area contributed by atoms with Crippen molar-refractivity contribution in [3.05, 3.63) is 0 Å². The Hall–Kier alpha value is -0.780. The van der Waals surface area contributed by atoms with Gasteiger partial charge in [0, 0.05) is 31.1 Å². The second-order valence-electron chi connectivity index (χ2n) is 9.91. The largest absolute Gasteiger partial charge is 0.353 e. The van der Waals surface area contributed by atoms with E-state index in [0.717, 1.165) is 70.9 Å². The summed E-state index contributed by atoms with van der Waals surface area (Å²) in [5.41, 5.74) is 9.03. The van der Waals surface area contributed by atoms with Gasteiger partial charge >= 0.3 is 0 Å². The molecule has 0 radical (unpaired) electrons. The van der Waals surface area contributed by atoms with Gasteiger partial charge in [-0.3, -0.25) is 4.79 Å². The van der Waals surface area contributed by atoms with Gasteiger partial charge in [0.15, 0.2) is 0 Å². The summed E-state index contributed by atoms with van der Waals surface area (Å²) in [5.74, 6) is 0.108. The van der Waals surface area contributed by atoms with E-state index in [1.54, 1.807) is 11.4 Å². The van der Waals surface area contributed by atoms with Crippen molar-refractivity contribution in [2.24, 2.45) is 5.92 Å². The molecule has 0 aromatic carbocycles. The zero-order chi connectivity index (χ0) is 21.8. The first-order valence-corrected chi connectivity index (χ1v) is 13.7. The fourth-order valence-corrected chi connectivity index (χ4v) is 7.97. The molecule has 1 amide bonds. The van der Waals surface area contributed by atoms with Gasteiger partial charge in [-0.15, -0.1) is 0 Å². The predicted octanol–water partition coefficient (Wildman–Crippen LogP) is 1.35. The average molecular weight is 457 g/mol. The lowest BCUT2D eigenvalue weighted by atomic mass is 9.84. The zero-order valence-corrected chi connectivity index (χ0v) is 19.6. The van der Waals surface area contributed by atoms with E-state index in [0.29, 0.717) is 18.9 Å². The summed E-state index contributed by atoms with van der Waals surface area (Å²) in [5, 5.41) is 4.97. The highest BCUT2D eigenvalue weighted by Gasteiger charge is 2.39. The molecule has 1 saturated heterocycles. The van der Waals surface area contributed by atoms with Crippen molar-refractivity contribution in [2.75, 3.05) is 13.7 Å². The maximum Gasteiger partial charge on any atom is 0.223 e. The number of hydrogen-bond acceptors (Lipinski definition) is 7. The summed E-state index contributed by atoms with van der Waals surface area (Å²) < 4.78 is 28.3. The molecule has 4 N–H and O–H groups in total. The van der Waals surface area contributed by atoms with Crippen LogP contribution in [0.25, 0.3) is 0 Å². The minimum Gasteiger partial charge on any atom is -0.353 e. The van der Waals surface area contributed by atoms with Gasteiger partial charge in [-0.2, -0.15) is 11.1 Å². The molecule has 10 heteroatoms. The van der Waals surface area contributed by atoms with Crippen LogP contribution in [-0.4, -0.2) is 60.7 Å². The summed E-state index contributed by atoms with van der Waals surface area (Å²) in [7, 11) is -1.55. The lowest BCUT2D eigenvalue weighted by Gasteiger charge is -2.37. The molecule has 178 valence electrons. The Morgan fingerprint density at radius 3 is 2.48 bits per heavy atom. The molecular weight excluding hydrogens is 416 g/mol. The third kappa shape index (κ3) is 5.59. The molecule has 9 nitrogen and oxygen atoms in total. The van der Waals surface area contributed by atoms with E-state index < -0.39 is 10.0 Å². The first-order chi connectivity index (χ1) is 14.9. The predicted molar refractivity (Wildman–Crippen MR) is 120 cm³/mol. The van der Waals surface area contributed by atoms with Gasteiger partial charge in [-0.1, -0.05) is 32.1 Å². The maximum atomic E-state index is 13.3. The maximum absolute atomic E-state index is 13.3. The number of carbonyl (C=O) groups is 1. The van der Waals surface area contributed by atoms with E-state index in [2.05, 4.69) is 26.8 Å². The average Bonchev–Trinajstić information content (AvgIpc) is 3.34. The number of amides is 1. The Morgan fingerprint density at radius 1 is 0.968 bits per heavy atom. The van der Waals surface area contributed by atoms with Gasteiger partial charge in [-0.25, -0.2) is 23.2 Å². The SMILES string of the molecule is CN(C1CCCCC1)S(=O)(=O)C1CCCC(NC(=O)C2CCCC(N3CNNN3)C2)C1. The third-order valence-electron chi connectivity index (χ3n) is 7.88. The van der Waals surface area contributed by atoms with Crippen LogP contribution in [0.15, 0.2) is 0 Å². The Balaban J connectivity index is 1.31. The zero-order valence-electron chi connectivity index (χ0n) is 18.8. The van der Waals surface area contributed by atoms with Crippen molar-refractivity contribution in [1.82, 2.24) is 31.1 Å². The van der Waals surface area contributed by atoms with Crippen molar-refractivity contribution in [2.45, 2.75) is 107 Å². The molecule has 4 aliphatic rings. The van der Waals surface area contributed by atoms with E-state index in [1.807, 2.05) is 0 Å². The number of rotatable bonds is 6. The van der Waals surface area contributed by atoms with Crippen LogP contribution < -0.4 is 21.8 Å². The van der Waals surface area contributed by atoms with Crippen LogP contribution in [-0.2, 0) is 14.8 Å². The number of nitrogens with one attached hydrogen (secondary N) is 4. The standard InChI is InChI=1S/C21H40N6O3S/c1-26(18-9-3-2-4-10-18)31(29,30)20-12-6-8-17(14-20)23-21(28)16-7-5-11-19(13-16)27-15-22-24-25-27/h16-20,22,24-25H,2-15H2,1H3,(H,23,28). The number of carbonyl (C=O) groups excluding carboxylic acids is 1. The molecule has 1 aliphatic heterocycles. The van der Waals surface area contributed by atoms with Crippen molar-refractivity contribution in [3.63, 3.8) is 0 Å². The van der Waals surface area contributed by atoms with E-state index in [-0.39, 0.29) is 29.2 Å². The van der Waals surface area contributed by atoms with Crippen LogP contribution in [0.1, 0.15) is 83.5 Å². The number of nitrogens with zero attached hydrogens (tertiary/aromatic N) is 2. The van der Waals surface area contributed by atoms with Crippen LogP contribution in [0.2, 0.25) is 0 Å². The normalized spacial score (nSPS) is 34.1. The Bertz CT molecular complexity index is 708. The van der Waals surface area contributed by atoms with Crippen LogP contribution in [0.5, 0.6) is 0 Å². The van der Waals surface area contributed by atoms with Gasteiger partial charge in [0.1, 0.15) is 0 Å². The Labute approximate surface area is 187 Å². The minimum absolute atomic E-state index is 0.00282. The summed E-state index contributed by atoms with van der Waals surface area (Å²) in [4.78, 5) is 13.0. The summed E-state index contributed by atoms with van der Waals surface area (Å²) in [6, 6.07) is 0.445. The third-order valence-corrected chi connectivity index (χ3v) is 10.3. The second kappa shape index (κ2) is 10.4. The van der Waals surface area contributed by atoms with Gasteiger partial charge in [0.25, 0.3) is 0 Å². The van der Waals surface area contributed by atoms with Crippen LogP contribution in [0.3, 0.4) is 0 Å². The molecular formula is C21H40N6O3S. The van der Waals surface area contributed by atoms with Gasteiger partial charge in [0.05, 0.1) is 11.9 Å². The Kier molecular flexibility index (Phi) is 7.87. The highest BCUT2D eigenvalue weighted by molar-refractivity contribution is 7.89. The minimum atomic E-state index is -3.32. The molecule has 0 spiro atoms. The molecule has 0 aromatic heterocycles. The van der Waals surface area contributed by atoms with Crippen molar-refractivity contribution in [3.8, 4) is 0 Å². The van der Waals surface area contributed by atoms with Crippen molar-refractivity contribution < 1.29 is 13.2 Å². The van der Waals surface area contributed by atoms with Gasteiger partial charge < -0.3 is 5.32 Å². The van der Waals surface area contributed by atoms with Gasteiger partial charge in [0.2, 0.25) is 15.9 Å². The molecule has 31 heavy (non-hydrogen) atoms. The summed E-state index contributed by atoms with van der Waals surface area (Å²) >= 11 is 0. The monoisotopic (exact) mass is 456 g/mol. The molecule has 1 heterocycles. The quantitative estimate of drug-likeness (QED) is 0.478. The van der Waals surface area contributed by atoms with E-state index in [9.17, 15) is 13.2 Å². The van der Waals surface area contributed by atoms with Crippen molar-refractivity contribution in [1.29, 1.82) is 0 Å². The molecule has 0 aromatic rings.